The fraction of sp³-hybridized carbons (Fsp3) is 0.308. The van der Waals surface area contributed by atoms with E-state index in [1.807, 2.05) is 0 Å². The third-order valence-corrected chi connectivity index (χ3v) is 4.14. The molecule has 0 saturated carbocycles. The van der Waals surface area contributed by atoms with Crippen LogP contribution in [-0.2, 0) is 21.4 Å². The Kier molecular flexibility index (Phi) is 4.22. The van der Waals surface area contributed by atoms with Gasteiger partial charge in [-0.3, -0.25) is 4.79 Å². The molecule has 1 heterocycles. The molecule has 20 heavy (non-hydrogen) atoms. The zero-order chi connectivity index (χ0) is 14.8. The first kappa shape index (κ1) is 14.7. The molecule has 1 aliphatic rings. The highest BCUT2D eigenvalue weighted by Gasteiger charge is 2.15. The molecule has 1 fully saturated rings. The van der Waals surface area contributed by atoms with Gasteiger partial charge in [0.25, 0.3) is 0 Å². The molecule has 1 amide bonds. The summed E-state index contributed by atoms with van der Waals surface area (Å²) in [6.45, 7) is 3.55. The summed E-state index contributed by atoms with van der Waals surface area (Å²) in [6, 6.07) is 6.22. The van der Waals surface area contributed by atoms with Crippen molar-refractivity contribution >= 4 is 15.9 Å². The van der Waals surface area contributed by atoms with Crippen molar-refractivity contribution < 1.29 is 13.2 Å². The molecule has 2 rings (SSSR count). The van der Waals surface area contributed by atoms with Crippen LogP contribution in [0.2, 0.25) is 0 Å². The SMILES string of the molecule is CC(C(=O)NCc1cccc(S(N)(=O)=O)c1)=C1CNC1. The number of amides is 1. The Balaban J connectivity index is 2.03. The second kappa shape index (κ2) is 5.74. The van der Waals surface area contributed by atoms with E-state index in [1.165, 1.54) is 12.1 Å². The van der Waals surface area contributed by atoms with Gasteiger partial charge in [-0.25, -0.2) is 13.6 Å². The van der Waals surface area contributed by atoms with Crippen LogP contribution in [0.15, 0.2) is 40.3 Å². The summed E-state index contributed by atoms with van der Waals surface area (Å²) in [5, 5.41) is 10.9. The van der Waals surface area contributed by atoms with Gasteiger partial charge >= 0.3 is 0 Å². The molecule has 0 aromatic heterocycles. The summed E-state index contributed by atoms with van der Waals surface area (Å²) in [5.41, 5.74) is 2.50. The fourth-order valence-corrected chi connectivity index (χ4v) is 2.41. The third-order valence-electron chi connectivity index (χ3n) is 3.23. The van der Waals surface area contributed by atoms with E-state index in [-0.39, 0.29) is 17.3 Å². The molecule has 1 saturated heterocycles. The lowest BCUT2D eigenvalue weighted by Crippen LogP contribution is -2.37. The number of rotatable bonds is 4. The molecule has 1 aromatic carbocycles. The summed E-state index contributed by atoms with van der Waals surface area (Å²) in [5.74, 6) is -0.137. The van der Waals surface area contributed by atoms with Crippen LogP contribution >= 0.6 is 0 Å². The average Bonchev–Trinajstić information content (AvgIpc) is 2.33. The van der Waals surface area contributed by atoms with E-state index < -0.39 is 10.0 Å². The van der Waals surface area contributed by atoms with Crippen LogP contribution < -0.4 is 15.8 Å². The number of hydrogen-bond acceptors (Lipinski definition) is 4. The van der Waals surface area contributed by atoms with Crippen LogP contribution in [0.5, 0.6) is 0 Å². The number of sulfonamides is 1. The summed E-state index contributed by atoms with van der Waals surface area (Å²) >= 11 is 0. The van der Waals surface area contributed by atoms with E-state index in [4.69, 9.17) is 5.14 Å². The molecular formula is C13H17N3O3S. The lowest BCUT2D eigenvalue weighted by atomic mass is 10.0. The maximum Gasteiger partial charge on any atom is 0.247 e. The monoisotopic (exact) mass is 295 g/mol. The standard InChI is InChI=1S/C13H17N3O3S/c1-9(11-7-15-8-11)13(17)16-6-10-3-2-4-12(5-10)20(14,18)19/h2-5,15H,6-8H2,1H3,(H,16,17)(H2,14,18,19). The predicted molar refractivity (Wildman–Crippen MR) is 75.2 cm³/mol. The molecule has 0 radical (unpaired) electrons. The van der Waals surface area contributed by atoms with Crippen LogP contribution in [0.25, 0.3) is 0 Å². The molecule has 0 unspecified atom stereocenters. The molecule has 6 nitrogen and oxygen atoms in total. The van der Waals surface area contributed by atoms with Crippen molar-refractivity contribution in [2.75, 3.05) is 13.1 Å². The minimum Gasteiger partial charge on any atom is -0.348 e. The van der Waals surface area contributed by atoms with Crippen molar-refractivity contribution in [2.45, 2.75) is 18.4 Å². The van der Waals surface area contributed by atoms with E-state index in [9.17, 15) is 13.2 Å². The zero-order valence-corrected chi connectivity index (χ0v) is 12.0. The Morgan fingerprint density at radius 2 is 2.10 bits per heavy atom. The summed E-state index contributed by atoms with van der Waals surface area (Å²) < 4.78 is 22.5. The van der Waals surface area contributed by atoms with Gasteiger partial charge in [-0.1, -0.05) is 12.1 Å². The van der Waals surface area contributed by atoms with Crippen LogP contribution in [0.1, 0.15) is 12.5 Å². The summed E-state index contributed by atoms with van der Waals surface area (Å²) in [4.78, 5) is 11.9. The molecule has 4 N–H and O–H groups in total. The minimum absolute atomic E-state index is 0.0440. The van der Waals surface area contributed by atoms with Crippen molar-refractivity contribution in [2.24, 2.45) is 5.14 Å². The van der Waals surface area contributed by atoms with Gasteiger partial charge < -0.3 is 10.6 Å². The highest BCUT2D eigenvalue weighted by Crippen LogP contribution is 2.11. The molecule has 7 heteroatoms. The first-order valence-electron chi connectivity index (χ1n) is 6.17. The maximum atomic E-state index is 11.9. The van der Waals surface area contributed by atoms with Gasteiger partial charge in [-0.15, -0.1) is 0 Å². The van der Waals surface area contributed by atoms with Crippen LogP contribution in [0.4, 0.5) is 0 Å². The number of hydrogen-bond donors (Lipinski definition) is 3. The van der Waals surface area contributed by atoms with Gasteiger partial charge in [-0.2, -0.15) is 0 Å². The second-order valence-corrected chi connectivity index (χ2v) is 6.27. The number of primary sulfonamides is 1. The number of carbonyl (C=O) groups excluding carboxylic acids is 1. The van der Waals surface area contributed by atoms with E-state index in [0.29, 0.717) is 11.1 Å². The Morgan fingerprint density at radius 3 is 2.65 bits per heavy atom. The Hall–Kier alpha value is -1.70. The third kappa shape index (κ3) is 3.44. The van der Waals surface area contributed by atoms with Crippen molar-refractivity contribution in [1.29, 1.82) is 0 Å². The van der Waals surface area contributed by atoms with E-state index in [2.05, 4.69) is 10.6 Å². The molecule has 0 spiro atoms. The van der Waals surface area contributed by atoms with Gasteiger partial charge in [0.2, 0.25) is 15.9 Å². The fourth-order valence-electron chi connectivity index (χ4n) is 1.82. The quantitative estimate of drug-likeness (QED) is 0.673. The number of benzene rings is 1. The van der Waals surface area contributed by atoms with Gasteiger partial charge in [0.1, 0.15) is 0 Å². The number of carbonyl (C=O) groups is 1. The highest BCUT2D eigenvalue weighted by molar-refractivity contribution is 7.89. The molecule has 0 aliphatic carbocycles. The molecule has 1 aliphatic heterocycles. The zero-order valence-electron chi connectivity index (χ0n) is 11.1. The molecule has 0 atom stereocenters. The summed E-state index contributed by atoms with van der Waals surface area (Å²) in [6.07, 6.45) is 0. The van der Waals surface area contributed by atoms with Crippen molar-refractivity contribution in [3.05, 3.63) is 41.0 Å². The van der Waals surface area contributed by atoms with E-state index in [1.54, 1.807) is 19.1 Å². The van der Waals surface area contributed by atoms with Crippen molar-refractivity contribution in [3.8, 4) is 0 Å². The molecule has 108 valence electrons. The smallest absolute Gasteiger partial charge is 0.247 e. The normalized spacial score (nSPS) is 14.6. The first-order chi connectivity index (χ1) is 9.38. The lowest BCUT2D eigenvalue weighted by Gasteiger charge is -2.21. The molecule has 1 aromatic rings. The largest absolute Gasteiger partial charge is 0.348 e. The molecule has 0 bridgehead atoms. The van der Waals surface area contributed by atoms with Crippen LogP contribution in [0.3, 0.4) is 0 Å². The van der Waals surface area contributed by atoms with Gasteiger partial charge in [0.15, 0.2) is 0 Å². The van der Waals surface area contributed by atoms with Crippen molar-refractivity contribution in [3.63, 3.8) is 0 Å². The average molecular weight is 295 g/mol. The minimum atomic E-state index is -3.72. The second-order valence-electron chi connectivity index (χ2n) is 4.71. The van der Waals surface area contributed by atoms with Crippen molar-refractivity contribution in [1.82, 2.24) is 10.6 Å². The Morgan fingerprint density at radius 1 is 1.40 bits per heavy atom. The number of nitrogens with one attached hydrogen (secondary N) is 2. The summed E-state index contributed by atoms with van der Waals surface area (Å²) in [7, 11) is -3.72. The highest BCUT2D eigenvalue weighted by atomic mass is 32.2. The molecular weight excluding hydrogens is 278 g/mol. The van der Waals surface area contributed by atoms with Gasteiger partial charge in [0, 0.05) is 25.2 Å². The topological polar surface area (TPSA) is 101 Å². The van der Waals surface area contributed by atoms with Crippen LogP contribution in [0, 0.1) is 0 Å². The predicted octanol–water partition coefficient (Wildman–Crippen LogP) is -0.130. The van der Waals surface area contributed by atoms with Gasteiger partial charge in [-0.05, 0) is 30.2 Å². The number of nitrogens with two attached hydrogens (primary N) is 1. The van der Waals surface area contributed by atoms with E-state index >= 15 is 0 Å². The van der Waals surface area contributed by atoms with Gasteiger partial charge in [0.05, 0.1) is 4.90 Å². The van der Waals surface area contributed by atoms with E-state index in [0.717, 1.165) is 18.7 Å². The Bertz CT molecular complexity index is 659. The van der Waals surface area contributed by atoms with Crippen LogP contribution in [-0.4, -0.2) is 27.4 Å². The lowest BCUT2D eigenvalue weighted by molar-refractivity contribution is -0.117. The maximum absolute atomic E-state index is 11.9. The Labute approximate surface area is 118 Å². The first-order valence-corrected chi connectivity index (χ1v) is 7.72.